The van der Waals surface area contributed by atoms with Crippen LogP contribution in [0, 0.1) is 11.8 Å². The predicted molar refractivity (Wildman–Crippen MR) is 235 cm³/mol. The number of nitrogens with zero attached hydrogens (tertiary/aromatic N) is 1. The second kappa shape index (κ2) is 44.9. The van der Waals surface area contributed by atoms with E-state index < -0.39 is 0 Å². The van der Waals surface area contributed by atoms with E-state index in [1.54, 1.807) is 0 Å². The summed E-state index contributed by atoms with van der Waals surface area (Å²) in [5.74, 6) is 0.0153. The number of rotatable bonds is 46. The Balaban J connectivity index is 4.48. The maximum atomic E-state index is 13.0. The zero-order valence-corrected chi connectivity index (χ0v) is 38.0. The molecule has 8 nitrogen and oxygen atoms in total. The highest BCUT2D eigenvalue weighted by atomic mass is 16.6. The van der Waals surface area contributed by atoms with Crippen LogP contribution in [0.1, 0.15) is 214 Å². The van der Waals surface area contributed by atoms with E-state index in [1.807, 2.05) is 6.92 Å². The van der Waals surface area contributed by atoms with Gasteiger partial charge in [-0.15, -0.1) is 0 Å². The van der Waals surface area contributed by atoms with E-state index in [2.05, 4.69) is 32.6 Å². The summed E-state index contributed by atoms with van der Waals surface area (Å²) in [7, 11) is 0. The number of esters is 2. The Hall–Kier alpha value is -1.22. The zero-order chi connectivity index (χ0) is 41.0. The van der Waals surface area contributed by atoms with Crippen LogP contribution in [-0.2, 0) is 33.3 Å². The minimum absolute atomic E-state index is 0.0252. The predicted octanol–water partition coefficient (Wildman–Crippen LogP) is 12.7. The number of carbonyl (C=O) groups is 2. The lowest BCUT2D eigenvalue weighted by molar-refractivity contribution is -0.151. The largest absolute Gasteiger partial charge is 0.463 e. The first-order valence-corrected chi connectivity index (χ1v) is 24.3. The number of hydrogen-bond donors (Lipinski definition) is 0. The van der Waals surface area contributed by atoms with Crippen molar-refractivity contribution < 1.29 is 33.3 Å². The molecule has 0 saturated heterocycles. The van der Waals surface area contributed by atoms with Crippen molar-refractivity contribution in [3.05, 3.63) is 0 Å². The van der Waals surface area contributed by atoms with Gasteiger partial charge in [-0.25, -0.2) is 0 Å². The van der Waals surface area contributed by atoms with E-state index in [9.17, 15) is 9.59 Å². The van der Waals surface area contributed by atoms with Gasteiger partial charge in [-0.2, -0.15) is 0 Å². The summed E-state index contributed by atoms with van der Waals surface area (Å²) < 4.78 is 28.8. The van der Waals surface area contributed by atoms with Gasteiger partial charge in [0, 0.05) is 39.5 Å². The SMILES string of the molecule is CCCCCCCCC(CCCCCC)C(=O)OCCOCCCN(CCCCOCC)CCCOCCOC(=O)C(CCCCCC)CCCCCCCC. The molecule has 0 fully saturated rings. The van der Waals surface area contributed by atoms with Crippen LogP contribution in [0.2, 0.25) is 0 Å². The van der Waals surface area contributed by atoms with E-state index in [-0.39, 0.29) is 23.8 Å². The highest BCUT2D eigenvalue weighted by Crippen LogP contribution is 2.22. The first-order chi connectivity index (χ1) is 27.5. The summed E-state index contributed by atoms with van der Waals surface area (Å²) in [5.41, 5.74) is 0. The topological polar surface area (TPSA) is 83.5 Å². The van der Waals surface area contributed by atoms with Crippen LogP contribution in [0.25, 0.3) is 0 Å². The van der Waals surface area contributed by atoms with Gasteiger partial charge >= 0.3 is 11.9 Å². The van der Waals surface area contributed by atoms with Crippen LogP contribution in [0.3, 0.4) is 0 Å². The fourth-order valence-corrected chi connectivity index (χ4v) is 7.38. The summed E-state index contributed by atoms with van der Waals surface area (Å²) in [5, 5.41) is 0. The van der Waals surface area contributed by atoms with E-state index in [4.69, 9.17) is 23.7 Å². The molecule has 2 atom stereocenters. The average Bonchev–Trinajstić information content (AvgIpc) is 3.20. The summed E-state index contributed by atoms with van der Waals surface area (Å²) in [6, 6.07) is 0. The lowest BCUT2D eigenvalue weighted by Crippen LogP contribution is -2.29. The highest BCUT2D eigenvalue weighted by Gasteiger charge is 2.20. The lowest BCUT2D eigenvalue weighted by atomic mass is 9.94. The first-order valence-electron chi connectivity index (χ1n) is 24.3. The van der Waals surface area contributed by atoms with Gasteiger partial charge in [0.05, 0.1) is 25.0 Å². The molecule has 0 aromatic heterocycles. The number of ether oxygens (including phenoxy) is 5. The molecule has 334 valence electrons. The van der Waals surface area contributed by atoms with E-state index >= 15 is 0 Å². The van der Waals surface area contributed by atoms with Crippen molar-refractivity contribution in [2.45, 2.75) is 214 Å². The zero-order valence-electron chi connectivity index (χ0n) is 38.0. The fourth-order valence-electron chi connectivity index (χ4n) is 7.38. The monoisotopic (exact) mass is 798 g/mol. The minimum Gasteiger partial charge on any atom is -0.463 e. The van der Waals surface area contributed by atoms with Gasteiger partial charge in [-0.1, -0.05) is 156 Å². The van der Waals surface area contributed by atoms with Crippen molar-refractivity contribution >= 4 is 11.9 Å². The van der Waals surface area contributed by atoms with Gasteiger partial charge in [-0.05, 0) is 64.8 Å². The molecule has 8 heteroatoms. The van der Waals surface area contributed by atoms with Crippen molar-refractivity contribution in [1.82, 2.24) is 4.90 Å². The molecule has 2 unspecified atom stereocenters. The van der Waals surface area contributed by atoms with Gasteiger partial charge in [0.25, 0.3) is 0 Å². The molecule has 0 aliphatic carbocycles. The summed E-state index contributed by atoms with van der Waals surface area (Å²) in [4.78, 5) is 28.4. The smallest absolute Gasteiger partial charge is 0.309 e. The molecule has 0 aromatic carbocycles. The molecule has 0 rings (SSSR count). The molecular formula is C48H95NO7. The second-order valence-corrected chi connectivity index (χ2v) is 16.2. The van der Waals surface area contributed by atoms with Crippen LogP contribution in [0.4, 0.5) is 0 Å². The summed E-state index contributed by atoms with van der Waals surface area (Å²) in [6.07, 6.45) is 32.4. The quantitative estimate of drug-likeness (QED) is 0.0445. The number of unbranched alkanes of at least 4 members (excludes halogenated alkanes) is 17. The maximum Gasteiger partial charge on any atom is 0.309 e. The normalized spacial score (nSPS) is 12.7. The second-order valence-electron chi connectivity index (χ2n) is 16.2. The van der Waals surface area contributed by atoms with Gasteiger partial charge in [-0.3, -0.25) is 9.59 Å². The Morgan fingerprint density at radius 2 is 0.696 bits per heavy atom. The third-order valence-corrected chi connectivity index (χ3v) is 11.0. The molecule has 0 amide bonds. The standard InChI is InChI=1S/C48H95NO7/c1-6-11-15-19-21-25-33-45(31-23-17-13-8-3)47(50)55-43-41-53-39-29-36-49(35-27-28-38-52-10-5)37-30-40-54-42-44-56-48(51)46(32-24-18-14-9-4)34-26-22-20-16-12-7-2/h45-46H,6-44H2,1-5H3. The highest BCUT2D eigenvalue weighted by molar-refractivity contribution is 5.72. The van der Waals surface area contributed by atoms with E-state index in [0.29, 0.717) is 39.6 Å². The van der Waals surface area contributed by atoms with Gasteiger partial charge in [0.1, 0.15) is 13.2 Å². The fraction of sp³-hybridized carbons (Fsp3) is 0.958. The van der Waals surface area contributed by atoms with Gasteiger partial charge in [0.2, 0.25) is 0 Å². The Morgan fingerprint density at radius 3 is 1.09 bits per heavy atom. The van der Waals surface area contributed by atoms with Crippen LogP contribution < -0.4 is 0 Å². The van der Waals surface area contributed by atoms with Crippen molar-refractivity contribution in [3.63, 3.8) is 0 Å². The Kier molecular flexibility index (Phi) is 43.9. The number of carbonyl (C=O) groups excluding carboxylic acids is 2. The van der Waals surface area contributed by atoms with Crippen molar-refractivity contribution in [2.24, 2.45) is 11.8 Å². The molecular weight excluding hydrogens is 703 g/mol. The summed E-state index contributed by atoms with van der Waals surface area (Å²) in [6.45, 7) is 18.4. The van der Waals surface area contributed by atoms with Crippen LogP contribution in [-0.4, -0.2) is 89.3 Å². The van der Waals surface area contributed by atoms with E-state index in [0.717, 1.165) is 110 Å². The molecule has 0 saturated carbocycles. The molecule has 0 aliphatic rings. The Bertz CT molecular complexity index is 754. The first kappa shape index (κ1) is 54.8. The molecule has 0 aliphatic heterocycles. The molecule has 0 spiro atoms. The third kappa shape index (κ3) is 37.1. The van der Waals surface area contributed by atoms with Crippen molar-refractivity contribution in [2.75, 3.05) is 72.5 Å². The molecule has 0 bridgehead atoms. The van der Waals surface area contributed by atoms with E-state index in [1.165, 1.54) is 103 Å². The number of hydrogen-bond acceptors (Lipinski definition) is 8. The van der Waals surface area contributed by atoms with Gasteiger partial charge < -0.3 is 28.6 Å². The molecule has 0 aromatic rings. The minimum atomic E-state index is -0.0252. The molecule has 0 radical (unpaired) electrons. The lowest BCUT2D eigenvalue weighted by Gasteiger charge is -2.22. The summed E-state index contributed by atoms with van der Waals surface area (Å²) >= 11 is 0. The van der Waals surface area contributed by atoms with Crippen LogP contribution in [0.5, 0.6) is 0 Å². The Labute approximate surface area is 348 Å². The average molecular weight is 798 g/mol. The van der Waals surface area contributed by atoms with Crippen LogP contribution in [0.15, 0.2) is 0 Å². The molecule has 0 N–H and O–H groups in total. The maximum absolute atomic E-state index is 13.0. The van der Waals surface area contributed by atoms with Crippen molar-refractivity contribution in [3.8, 4) is 0 Å². The molecule has 0 heterocycles. The molecule has 56 heavy (non-hydrogen) atoms. The van der Waals surface area contributed by atoms with Gasteiger partial charge in [0.15, 0.2) is 0 Å². The third-order valence-electron chi connectivity index (χ3n) is 11.0. The van der Waals surface area contributed by atoms with Crippen LogP contribution >= 0.6 is 0 Å². The Morgan fingerprint density at radius 1 is 0.357 bits per heavy atom. The van der Waals surface area contributed by atoms with Crippen molar-refractivity contribution in [1.29, 1.82) is 0 Å².